The summed E-state index contributed by atoms with van der Waals surface area (Å²) in [4.78, 5) is 19.0. The van der Waals surface area contributed by atoms with Gasteiger partial charge in [0.2, 0.25) is 5.91 Å². The average Bonchev–Trinajstić information content (AvgIpc) is 3.36. The van der Waals surface area contributed by atoms with E-state index >= 15 is 0 Å². The van der Waals surface area contributed by atoms with Gasteiger partial charge in [-0.1, -0.05) is 30.3 Å². The van der Waals surface area contributed by atoms with Gasteiger partial charge in [0.05, 0.1) is 22.9 Å². The van der Waals surface area contributed by atoms with Crippen molar-refractivity contribution in [1.29, 1.82) is 0 Å². The second kappa shape index (κ2) is 8.55. The lowest BCUT2D eigenvalue weighted by atomic mass is 9.85. The highest BCUT2D eigenvalue weighted by atomic mass is 32.1. The van der Waals surface area contributed by atoms with E-state index in [1.54, 1.807) is 23.5 Å². The van der Waals surface area contributed by atoms with Crippen LogP contribution in [0, 0.1) is 6.92 Å². The Morgan fingerprint density at radius 2 is 2.25 bits per heavy atom. The fraction of sp³-hybridized carbons (Fsp3) is 0.455. The first kappa shape index (κ1) is 19.3. The number of hydrogen-bond donors (Lipinski definition) is 0. The third kappa shape index (κ3) is 4.35. The number of nitrogens with zero attached hydrogens (tertiary/aromatic N) is 2. The van der Waals surface area contributed by atoms with Gasteiger partial charge in [-0.05, 0) is 37.8 Å². The van der Waals surface area contributed by atoms with E-state index in [2.05, 4.69) is 17.1 Å². The molecule has 3 heterocycles. The van der Waals surface area contributed by atoms with Gasteiger partial charge in [-0.25, -0.2) is 4.98 Å². The Balaban J connectivity index is 1.42. The number of amides is 1. The minimum Gasteiger partial charge on any atom is -0.372 e. The van der Waals surface area contributed by atoms with Crippen LogP contribution in [0.25, 0.3) is 6.08 Å². The highest BCUT2D eigenvalue weighted by molar-refractivity contribution is 7.09. The molecule has 4 rings (SSSR count). The Labute approximate surface area is 170 Å². The maximum Gasteiger partial charge on any atom is 0.246 e. The van der Waals surface area contributed by atoms with Gasteiger partial charge in [0, 0.05) is 31.2 Å². The topological polar surface area (TPSA) is 51.7 Å². The van der Waals surface area contributed by atoms with E-state index in [0.717, 1.165) is 42.1 Å². The van der Waals surface area contributed by atoms with Crippen molar-refractivity contribution < 1.29 is 14.3 Å². The number of ether oxygens (including phenoxy) is 2. The molecule has 2 aliphatic heterocycles. The second-order valence-corrected chi connectivity index (χ2v) is 8.52. The molecule has 0 saturated carbocycles. The molecule has 0 radical (unpaired) electrons. The Kier molecular flexibility index (Phi) is 5.90. The molecule has 2 fully saturated rings. The molecule has 1 spiro atoms. The number of aromatic nitrogens is 1. The molecule has 0 aliphatic carbocycles. The molecule has 148 valence electrons. The van der Waals surface area contributed by atoms with Crippen LogP contribution in [0.3, 0.4) is 0 Å². The summed E-state index contributed by atoms with van der Waals surface area (Å²) >= 11 is 1.59. The smallest absolute Gasteiger partial charge is 0.246 e. The first-order chi connectivity index (χ1) is 13.6. The lowest BCUT2D eigenvalue weighted by Gasteiger charge is -2.44. The largest absolute Gasteiger partial charge is 0.372 e. The summed E-state index contributed by atoms with van der Waals surface area (Å²) in [6.07, 6.45) is 6.19. The molecular formula is C22H26N2O3S. The first-order valence-electron chi connectivity index (χ1n) is 9.83. The number of benzene rings is 1. The Bertz CT molecular complexity index is 827. The number of hydrogen-bond acceptors (Lipinski definition) is 5. The van der Waals surface area contributed by atoms with Crippen molar-refractivity contribution in [2.24, 2.45) is 0 Å². The van der Waals surface area contributed by atoms with Crippen molar-refractivity contribution in [3.8, 4) is 0 Å². The highest BCUT2D eigenvalue weighted by Gasteiger charge is 2.47. The second-order valence-electron chi connectivity index (χ2n) is 7.46. The standard InChI is InChI=1S/C22H26N2O3S/c1-17-23-19(16-28-17)8-9-21(25)24-12-11-22(10-5-13-27-22)20(14-24)26-15-18-6-3-2-4-7-18/h2-4,6-9,16,20H,5,10-15H2,1H3/b9-8+/t20-,22-/m0/s1. The number of thiazole rings is 1. The SMILES string of the molecule is Cc1nc(/C=C/C(=O)N2CC[C@@]3(CCCO3)[C@@H](OCc3ccccc3)C2)cs1. The molecular weight excluding hydrogens is 372 g/mol. The molecule has 0 N–H and O–H groups in total. The summed E-state index contributed by atoms with van der Waals surface area (Å²) in [7, 11) is 0. The normalized spacial score (nSPS) is 25.0. The fourth-order valence-electron chi connectivity index (χ4n) is 4.01. The van der Waals surface area contributed by atoms with Gasteiger partial charge in [-0.15, -0.1) is 11.3 Å². The van der Waals surface area contributed by atoms with Crippen molar-refractivity contribution in [1.82, 2.24) is 9.88 Å². The molecule has 2 atom stereocenters. The number of carbonyl (C=O) groups excluding carboxylic acids is 1. The number of likely N-dealkylation sites (tertiary alicyclic amines) is 1. The molecule has 1 aromatic heterocycles. The van der Waals surface area contributed by atoms with Crippen molar-refractivity contribution in [3.05, 3.63) is 58.1 Å². The van der Waals surface area contributed by atoms with Gasteiger partial charge >= 0.3 is 0 Å². The molecule has 5 nitrogen and oxygen atoms in total. The quantitative estimate of drug-likeness (QED) is 0.719. The molecule has 28 heavy (non-hydrogen) atoms. The summed E-state index contributed by atoms with van der Waals surface area (Å²) in [5.41, 5.74) is 1.72. The zero-order valence-corrected chi connectivity index (χ0v) is 17.0. The molecule has 2 aromatic rings. The number of piperidine rings is 1. The summed E-state index contributed by atoms with van der Waals surface area (Å²) in [6, 6.07) is 10.2. The average molecular weight is 399 g/mol. The summed E-state index contributed by atoms with van der Waals surface area (Å²) < 4.78 is 12.5. The number of aryl methyl sites for hydroxylation is 1. The van der Waals surface area contributed by atoms with Gasteiger partial charge in [-0.2, -0.15) is 0 Å². The van der Waals surface area contributed by atoms with E-state index in [0.29, 0.717) is 19.7 Å². The van der Waals surface area contributed by atoms with Crippen LogP contribution in [0.2, 0.25) is 0 Å². The van der Waals surface area contributed by atoms with Crippen molar-refractivity contribution >= 4 is 23.3 Å². The van der Waals surface area contributed by atoms with Crippen LogP contribution < -0.4 is 0 Å². The molecule has 0 bridgehead atoms. The molecule has 0 unspecified atom stereocenters. The molecule has 2 aliphatic rings. The lowest BCUT2D eigenvalue weighted by molar-refractivity contribution is -0.165. The van der Waals surface area contributed by atoms with Gasteiger partial charge in [0.1, 0.15) is 6.10 Å². The van der Waals surface area contributed by atoms with Crippen molar-refractivity contribution in [2.45, 2.75) is 44.5 Å². The molecule has 1 amide bonds. The van der Waals surface area contributed by atoms with Crippen LogP contribution in [0.15, 0.2) is 41.8 Å². The lowest BCUT2D eigenvalue weighted by Crippen LogP contribution is -2.57. The van der Waals surface area contributed by atoms with Crippen molar-refractivity contribution in [2.75, 3.05) is 19.7 Å². The minimum atomic E-state index is -0.249. The molecule has 1 aromatic carbocycles. The Morgan fingerprint density at radius 1 is 1.39 bits per heavy atom. The van der Waals surface area contributed by atoms with E-state index in [4.69, 9.17) is 9.47 Å². The number of rotatable bonds is 5. The van der Waals surface area contributed by atoms with Gasteiger partial charge in [0.15, 0.2) is 0 Å². The van der Waals surface area contributed by atoms with E-state index in [9.17, 15) is 4.79 Å². The van der Waals surface area contributed by atoms with E-state index in [-0.39, 0.29) is 17.6 Å². The monoisotopic (exact) mass is 398 g/mol. The van der Waals surface area contributed by atoms with Crippen LogP contribution in [0.4, 0.5) is 0 Å². The van der Waals surface area contributed by atoms with E-state index < -0.39 is 0 Å². The molecule has 6 heteroatoms. The van der Waals surface area contributed by atoms with E-state index in [1.807, 2.05) is 35.4 Å². The van der Waals surface area contributed by atoms with Crippen LogP contribution in [-0.2, 0) is 20.9 Å². The minimum absolute atomic E-state index is 0.00631. The number of carbonyl (C=O) groups is 1. The summed E-state index contributed by atoms with van der Waals surface area (Å²) in [5.74, 6) is 0.00631. The predicted molar refractivity (Wildman–Crippen MR) is 110 cm³/mol. The molecule has 2 saturated heterocycles. The van der Waals surface area contributed by atoms with Gasteiger partial charge in [-0.3, -0.25) is 4.79 Å². The Hall–Kier alpha value is -2.02. The first-order valence-corrected chi connectivity index (χ1v) is 10.7. The van der Waals surface area contributed by atoms with Crippen molar-refractivity contribution in [3.63, 3.8) is 0 Å². The maximum absolute atomic E-state index is 12.7. The summed E-state index contributed by atoms with van der Waals surface area (Å²) in [5, 5.41) is 2.96. The van der Waals surface area contributed by atoms with Crippen LogP contribution in [-0.4, -0.2) is 47.2 Å². The van der Waals surface area contributed by atoms with Crippen LogP contribution >= 0.6 is 11.3 Å². The van der Waals surface area contributed by atoms with Gasteiger partial charge < -0.3 is 14.4 Å². The predicted octanol–water partition coefficient (Wildman–Crippen LogP) is 3.83. The van der Waals surface area contributed by atoms with Gasteiger partial charge in [0.25, 0.3) is 0 Å². The van der Waals surface area contributed by atoms with Crippen LogP contribution in [0.1, 0.15) is 35.5 Å². The summed E-state index contributed by atoms with van der Waals surface area (Å²) in [6.45, 7) is 4.54. The Morgan fingerprint density at radius 3 is 2.96 bits per heavy atom. The maximum atomic E-state index is 12.7. The van der Waals surface area contributed by atoms with E-state index in [1.165, 1.54) is 0 Å². The third-order valence-corrected chi connectivity index (χ3v) is 6.34. The van der Waals surface area contributed by atoms with Crippen LogP contribution in [0.5, 0.6) is 0 Å². The third-order valence-electron chi connectivity index (χ3n) is 5.55. The fourth-order valence-corrected chi connectivity index (χ4v) is 4.59. The highest BCUT2D eigenvalue weighted by Crippen LogP contribution is 2.38. The zero-order valence-electron chi connectivity index (χ0n) is 16.2. The zero-order chi connectivity index (χ0) is 19.4.